The van der Waals surface area contributed by atoms with Gasteiger partial charge in [0.1, 0.15) is 11.9 Å². The average molecular weight is 306 g/mol. The van der Waals surface area contributed by atoms with E-state index in [0.717, 1.165) is 22.4 Å². The molecular weight excluding hydrogens is 288 g/mol. The Morgan fingerprint density at radius 3 is 2.70 bits per heavy atom. The predicted molar refractivity (Wildman–Crippen MR) is 91.6 cm³/mol. The number of carbonyl (C=O) groups is 1. The van der Waals surface area contributed by atoms with E-state index in [9.17, 15) is 4.79 Å². The molecule has 0 aliphatic carbocycles. The zero-order valence-corrected chi connectivity index (χ0v) is 13.1. The second kappa shape index (κ2) is 6.48. The van der Waals surface area contributed by atoms with Crippen molar-refractivity contribution < 1.29 is 9.53 Å². The van der Waals surface area contributed by atoms with E-state index in [4.69, 9.17) is 4.74 Å². The summed E-state index contributed by atoms with van der Waals surface area (Å²) >= 11 is 0. The maximum absolute atomic E-state index is 12.0. The minimum atomic E-state index is -0.230. The number of nitrogens with zero attached hydrogens (tertiary/aromatic N) is 1. The maximum Gasteiger partial charge on any atom is 0.271 e. The number of rotatable bonds is 3. The Bertz CT molecular complexity index is 776. The highest BCUT2D eigenvalue weighted by Crippen LogP contribution is 2.28. The molecule has 0 bridgehead atoms. The predicted octanol–water partition coefficient (Wildman–Crippen LogP) is 3.58. The Morgan fingerprint density at radius 2 is 1.91 bits per heavy atom. The number of carbonyl (C=O) groups excluding carboxylic acids is 1. The molecule has 1 aliphatic rings. The lowest BCUT2D eigenvalue weighted by molar-refractivity contribution is 0.0955. The van der Waals surface area contributed by atoms with Crippen LogP contribution < -0.4 is 10.2 Å². The van der Waals surface area contributed by atoms with E-state index in [0.29, 0.717) is 5.56 Å². The molecule has 1 N–H and O–H groups in total. The molecule has 116 valence electrons. The lowest BCUT2D eigenvalue weighted by atomic mass is 10.0. The number of nitrogens with one attached hydrogen (secondary N) is 1. The highest BCUT2D eigenvalue weighted by Gasteiger charge is 2.16. The van der Waals surface area contributed by atoms with Gasteiger partial charge in [0.15, 0.2) is 0 Å². The number of hydrogen-bond acceptors (Lipinski definition) is 3. The summed E-state index contributed by atoms with van der Waals surface area (Å²) in [5.41, 5.74) is 6.16. The molecule has 0 aromatic heterocycles. The molecular formula is C19H18N2O2. The third-order valence-electron chi connectivity index (χ3n) is 3.71. The highest BCUT2D eigenvalue weighted by molar-refractivity contribution is 5.95. The summed E-state index contributed by atoms with van der Waals surface area (Å²) < 4.78 is 5.83. The first-order valence-electron chi connectivity index (χ1n) is 7.51. The summed E-state index contributed by atoms with van der Waals surface area (Å²) in [6.45, 7) is 3.93. The molecule has 0 unspecified atom stereocenters. The number of hydrazone groups is 1. The van der Waals surface area contributed by atoms with E-state index in [1.165, 1.54) is 0 Å². The SMILES string of the molecule is Cc1ccc(C(=O)N/N=C\C2=Cc3ccccc3O[C@@H]2C)cc1. The molecule has 23 heavy (non-hydrogen) atoms. The van der Waals surface area contributed by atoms with Gasteiger partial charge in [0.2, 0.25) is 0 Å². The van der Waals surface area contributed by atoms with Crippen LogP contribution in [-0.2, 0) is 0 Å². The van der Waals surface area contributed by atoms with Crippen molar-refractivity contribution in [2.24, 2.45) is 5.10 Å². The minimum absolute atomic E-state index is 0.107. The van der Waals surface area contributed by atoms with Crippen molar-refractivity contribution in [1.29, 1.82) is 0 Å². The molecule has 1 heterocycles. The van der Waals surface area contributed by atoms with E-state index in [1.807, 2.05) is 56.3 Å². The van der Waals surface area contributed by atoms with Crippen molar-refractivity contribution in [2.45, 2.75) is 20.0 Å². The molecule has 4 nitrogen and oxygen atoms in total. The zero-order valence-electron chi connectivity index (χ0n) is 13.1. The molecule has 0 spiro atoms. The van der Waals surface area contributed by atoms with Gasteiger partial charge in [0.05, 0.1) is 6.21 Å². The van der Waals surface area contributed by atoms with Gasteiger partial charge >= 0.3 is 0 Å². The number of ether oxygens (including phenoxy) is 1. The van der Waals surface area contributed by atoms with Crippen LogP contribution in [0.15, 0.2) is 59.2 Å². The van der Waals surface area contributed by atoms with Crippen LogP contribution in [0.2, 0.25) is 0 Å². The van der Waals surface area contributed by atoms with Crippen LogP contribution in [-0.4, -0.2) is 18.2 Å². The van der Waals surface area contributed by atoms with E-state index in [2.05, 4.69) is 10.5 Å². The lowest BCUT2D eigenvalue weighted by Crippen LogP contribution is -2.22. The standard InChI is InChI=1S/C19H18N2O2/c1-13-7-9-15(10-8-13)19(22)21-20-12-17-11-16-5-3-4-6-18(16)23-14(17)2/h3-12,14H,1-2H3,(H,21,22)/b20-12-/t14-/m1/s1. The largest absolute Gasteiger partial charge is 0.485 e. The molecule has 1 amide bonds. The Labute approximate surface area is 135 Å². The van der Waals surface area contributed by atoms with E-state index < -0.39 is 0 Å². The lowest BCUT2D eigenvalue weighted by Gasteiger charge is -2.22. The van der Waals surface area contributed by atoms with Crippen LogP contribution in [0, 0.1) is 6.92 Å². The second-order valence-corrected chi connectivity index (χ2v) is 5.51. The van der Waals surface area contributed by atoms with E-state index >= 15 is 0 Å². The number of para-hydroxylation sites is 1. The summed E-state index contributed by atoms with van der Waals surface area (Å²) in [6.07, 6.45) is 3.54. The van der Waals surface area contributed by atoms with Gasteiger partial charge in [-0.3, -0.25) is 4.79 Å². The smallest absolute Gasteiger partial charge is 0.271 e. The molecule has 1 aliphatic heterocycles. The topological polar surface area (TPSA) is 50.7 Å². The van der Waals surface area contributed by atoms with Crippen molar-refractivity contribution in [3.63, 3.8) is 0 Å². The average Bonchev–Trinajstić information content (AvgIpc) is 2.56. The first kappa shape index (κ1) is 15.0. The number of fused-ring (bicyclic) bond motifs is 1. The fourth-order valence-corrected chi connectivity index (χ4v) is 2.34. The quantitative estimate of drug-likeness (QED) is 0.696. The number of aryl methyl sites for hydroxylation is 1. The fraction of sp³-hybridized carbons (Fsp3) is 0.158. The summed E-state index contributed by atoms with van der Waals surface area (Å²) in [5, 5.41) is 4.04. The van der Waals surface area contributed by atoms with Gasteiger partial charge < -0.3 is 4.74 Å². The van der Waals surface area contributed by atoms with Gasteiger partial charge in [-0.25, -0.2) is 5.43 Å². The monoisotopic (exact) mass is 306 g/mol. The summed E-state index contributed by atoms with van der Waals surface area (Å²) in [6, 6.07) is 15.2. The molecule has 0 radical (unpaired) electrons. The van der Waals surface area contributed by atoms with Crippen LogP contribution in [0.3, 0.4) is 0 Å². The van der Waals surface area contributed by atoms with Gasteiger partial charge in [0, 0.05) is 16.7 Å². The zero-order chi connectivity index (χ0) is 16.2. The molecule has 2 aromatic rings. The maximum atomic E-state index is 12.0. The number of hydrogen-bond donors (Lipinski definition) is 1. The van der Waals surface area contributed by atoms with Crippen molar-refractivity contribution in [3.05, 3.63) is 70.8 Å². The third kappa shape index (κ3) is 3.48. The molecule has 1 atom stereocenters. The Hall–Kier alpha value is -2.88. The summed E-state index contributed by atoms with van der Waals surface area (Å²) in [4.78, 5) is 12.0. The minimum Gasteiger partial charge on any atom is -0.485 e. The van der Waals surface area contributed by atoms with Gasteiger partial charge in [-0.15, -0.1) is 0 Å². The Kier molecular flexibility index (Phi) is 4.24. The Balaban J connectivity index is 1.69. The van der Waals surface area contributed by atoms with Gasteiger partial charge in [-0.1, -0.05) is 35.9 Å². The normalized spacial score (nSPS) is 16.4. The van der Waals surface area contributed by atoms with Crippen molar-refractivity contribution in [2.75, 3.05) is 0 Å². The third-order valence-corrected chi connectivity index (χ3v) is 3.71. The summed E-state index contributed by atoms with van der Waals surface area (Å²) in [7, 11) is 0. The van der Waals surface area contributed by atoms with Crippen molar-refractivity contribution in [1.82, 2.24) is 5.43 Å². The molecule has 2 aromatic carbocycles. The molecule has 3 rings (SSSR count). The van der Waals surface area contributed by atoms with Crippen LogP contribution in [0.1, 0.15) is 28.4 Å². The molecule has 0 saturated carbocycles. The second-order valence-electron chi connectivity index (χ2n) is 5.51. The first-order chi connectivity index (χ1) is 11.1. The van der Waals surface area contributed by atoms with Crippen LogP contribution in [0.4, 0.5) is 0 Å². The van der Waals surface area contributed by atoms with Crippen molar-refractivity contribution in [3.8, 4) is 5.75 Å². The van der Waals surface area contributed by atoms with E-state index in [1.54, 1.807) is 18.3 Å². The van der Waals surface area contributed by atoms with E-state index in [-0.39, 0.29) is 12.0 Å². The van der Waals surface area contributed by atoms with Gasteiger partial charge in [0.25, 0.3) is 5.91 Å². The Morgan fingerprint density at radius 1 is 1.17 bits per heavy atom. The molecule has 0 fully saturated rings. The van der Waals surface area contributed by atoms with Crippen LogP contribution in [0.5, 0.6) is 5.75 Å². The fourth-order valence-electron chi connectivity index (χ4n) is 2.34. The van der Waals surface area contributed by atoms with Gasteiger partial charge in [-0.2, -0.15) is 5.10 Å². The highest BCUT2D eigenvalue weighted by atomic mass is 16.5. The molecule has 4 heteroatoms. The number of amides is 1. The van der Waals surface area contributed by atoms with Gasteiger partial charge in [-0.05, 0) is 38.1 Å². The van der Waals surface area contributed by atoms with Crippen LogP contribution in [0.25, 0.3) is 6.08 Å². The summed E-state index contributed by atoms with van der Waals surface area (Å²) in [5.74, 6) is 0.632. The van der Waals surface area contributed by atoms with Crippen LogP contribution >= 0.6 is 0 Å². The molecule has 0 saturated heterocycles. The van der Waals surface area contributed by atoms with Crippen molar-refractivity contribution >= 4 is 18.2 Å². The number of benzene rings is 2. The first-order valence-corrected chi connectivity index (χ1v) is 7.51.